The number of rotatable bonds is 7. The molecule has 1 unspecified atom stereocenters. The number of benzene rings is 1. The Morgan fingerprint density at radius 1 is 1.35 bits per heavy atom. The Labute approximate surface area is 130 Å². The van der Waals surface area contributed by atoms with Crippen LogP contribution in [0.15, 0.2) is 18.2 Å². The van der Waals surface area contributed by atoms with Crippen molar-refractivity contribution in [2.24, 2.45) is 5.92 Å². The molecule has 1 aliphatic rings. The van der Waals surface area contributed by atoms with Crippen molar-refractivity contribution in [3.8, 4) is 5.75 Å². The van der Waals surface area contributed by atoms with Crippen LogP contribution < -0.4 is 10.1 Å². The summed E-state index contributed by atoms with van der Waals surface area (Å²) in [6.45, 7) is 5.00. The van der Waals surface area contributed by atoms with E-state index in [1.807, 2.05) is 0 Å². The summed E-state index contributed by atoms with van der Waals surface area (Å²) < 4.78 is 5.52. The van der Waals surface area contributed by atoms with E-state index in [-0.39, 0.29) is 12.1 Å². The molecule has 1 atom stereocenters. The van der Waals surface area contributed by atoms with Crippen molar-refractivity contribution in [3.05, 3.63) is 28.2 Å². The van der Waals surface area contributed by atoms with Crippen LogP contribution in [-0.2, 0) is 0 Å². The fourth-order valence-corrected chi connectivity index (χ4v) is 2.70. The zero-order chi connectivity index (χ0) is 14.8. The average Bonchev–Trinajstić information content (AvgIpc) is 3.20. The van der Waals surface area contributed by atoms with E-state index >= 15 is 0 Å². The molecule has 1 aromatic rings. The summed E-state index contributed by atoms with van der Waals surface area (Å²) >= 11 is 12.0. The Morgan fingerprint density at radius 3 is 2.50 bits per heavy atom. The molecule has 1 aromatic carbocycles. The molecule has 0 spiro atoms. The van der Waals surface area contributed by atoms with Crippen molar-refractivity contribution < 1.29 is 9.84 Å². The summed E-state index contributed by atoms with van der Waals surface area (Å²) in [6.07, 6.45) is 1.93. The first-order valence-electron chi connectivity index (χ1n) is 6.90. The van der Waals surface area contributed by atoms with Gasteiger partial charge in [-0.05, 0) is 44.7 Å². The SMILES string of the molecule is CC(C)(NCC(O)COc1c(Cl)cccc1Cl)C1CC1. The molecule has 3 nitrogen and oxygen atoms in total. The van der Waals surface area contributed by atoms with Crippen molar-refractivity contribution in [2.45, 2.75) is 38.3 Å². The molecular weight excluding hydrogens is 297 g/mol. The van der Waals surface area contributed by atoms with Crippen LogP contribution in [0.5, 0.6) is 5.75 Å². The second-order valence-corrected chi connectivity index (χ2v) is 6.71. The van der Waals surface area contributed by atoms with Crippen LogP contribution in [0.3, 0.4) is 0 Å². The number of aliphatic hydroxyl groups excluding tert-OH is 1. The smallest absolute Gasteiger partial charge is 0.156 e. The molecule has 0 aliphatic heterocycles. The Kier molecular flexibility index (Phi) is 5.19. The maximum Gasteiger partial charge on any atom is 0.156 e. The van der Waals surface area contributed by atoms with Crippen molar-refractivity contribution >= 4 is 23.2 Å². The highest BCUT2D eigenvalue weighted by Gasteiger charge is 2.37. The van der Waals surface area contributed by atoms with Gasteiger partial charge in [-0.3, -0.25) is 0 Å². The molecule has 20 heavy (non-hydrogen) atoms. The van der Waals surface area contributed by atoms with Gasteiger partial charge < -0.3 is 15.2 Å². The average molecular weight is 318 g/mol. The van der Waals surface area contributed by atoms with Crippen LogP contribution in [0, 0.1) is 5.92 Å². The Bertz CT molecular complexity index is 441. The lowest BCUT2D eigenvalue weighted by molar-refractivity contribution is 0.0972. The second kappa shape index (κ2) is 6.52. The third kappa shape index (κ3) is 4.26. The van der Waals surface area contributed by atoms with Crippen molar-refractivity contribution in [1.82, 2.24) is 5.32 Å². The maximum atomic E-state index is 9.98. The van der Waals surface area contributed by atoms with Gasteiger partial charge in [0.25, 0.3) is 0 Å². The van der Waals surface area contributed by atoms with Crippen LogP contribution in [0.4, 0.5) is 0 Å². The largest absolute Gasteiger partial charge is 0.488 e. The van der Waals surface area contributed by atoms with Crippen LogP contribution in [0.25, 0.3) is 0 Å². The van der Waals surface area contributed by atoms with Gasteiger partial charge in [-0.25, -0.2) is 0 Å². The Morgan fingerprint density at radius 2 is 1.95 bits per heavy atom. The van der Waals surface area contributed by atoms with Gasteiger partial charge in [0.15, 0.2) is 5.75 Å². The number of nitrogens with one attached hydrogen (secondary N) is 1. The standard InChI is InChI=1S/C15H21Cl2NO2/c1-15(2,10-6-7-10)18-8-11(19)9-20-14-12(16)4-3-5-13(14)17/h3-5,10-11,18-19H,6-9H2,1-2H3. The third-order valence-corrected chi connectivity index (χ3v) is 4.33. The third-order valence-electron chi connectivity index (χ3n) is 3.73. The van der Waals surface area contributed by atoms with E-state index in [2.05, 4.69) is 19.2 Å². The quantitative estimate of drug-likeness (QED) is 0.808. The summed E-state index contributed by atoms with van der Waals surface area (Å²) in [5, 5.41) is 14.3. The van der Waals surface area contributed by atoms with E-state index in [0.29, 0.717) is 28.3 Å². The summed E-state index contributed by atoms with van der Waals surface area (Å²) in [5.41, 5.74) is 0.0724. The van der Waals surface area contributed by atoms with E-state index in [9.17, 15) is 5.11 Å². The van der Waals surface area contributed by atoms with Crippen LogP contribution >= 0.6 is 23.2 Å². The monoisotopic (exact) mass is 317 g/mol. The van der Waals surface area contributed by atoms with Gasteiger partial charge in [0.1, 0.15) is 12.7 Å². The molecular formula is C15H21Cl2NO2. The van der Waals surface area contributed by atoms with E-state index in [0.717, 1.165) is 0 Å². The molecule has 1 fully saturated rings. The number of β-amino-alcohol motifs (C(OH)–C–C–N with tert-alkyl or cyclic N) is 1. The highest BCUT2D eigenvalue weighted by atomic mass is 35.5. The lowest BCUT2D eigenvalue weighted by atomic mass is 9.98. The predicted octanol–water partition coefficient (Wildman–Crippen LogP) is 3.51. The summed E-state index contributed by atoms with van der Waals surface area (Å²) in [5.74, 6) is 1.14. The lowest BCUT2D eigenvalue weighted by Crippen LogP contribution is -2.46. The summed E-state index contributed by atoms with van der Waals surface area (Å²) in [7, 11) is 0. The lowest BCUT2D eigenvalue weighted by Gasteiger charge is -2.27. The molecule has 0 radical (unpaired) electrons. The topological polar surface area (TPSA) is 41.5 Å². The molecule has 112 valence electrons. The van der Waals surface area contributed by atoms with Crippen molar-refractivity contribution in [2.75, 3.05) is 13.2 Å². The fourth-order valence-electron chi connectivity index (χ4n) is 2.19. The first-order valence-corrected chi connectivity index (χ1v) is 7.65. The normalized spacial score (nSPS) is 17.1. The number of ether oxygens (including phenoxy) is 1. The maximum absolute atomic E-state index is 9.98. The van der Waals surface area contributed by atoms with Gasteiger partial charge >= 0.3 is 0 Å². The van der Waals surface area contributed by atoms with Crippen molar-refractivity contribution in [3.63, 3.8) is 0 Å². The number of hydrogen-bond donors (Lipinski definition) is 2. The zero-order valence-electron chi connectivity index (χ0n) is 11.8. The van der Waals surface area contributed by atoms with Gasteiger partial charge in [-0.1, -0.05) is 29.3 Å². The summed E-state index contributed by atoms with van der Waals surface area (Å²) in [6, 6.07) is 5.18. The molecule has 2 rings (SSSR count). The van der Waals surface area contributed by atoms with E-state index in [4.69, 9.17) is 27.9 Å². The fraction of sp³-hybridized carbons (Fsp3) is 0.600. The molecule has 5 heteroatoms. The molecule has 2 N–H and O–H groups in total. The first kappa shape index (κ1) is 15.9. The predicted molar refractivity (Wildman–Crippen MR) is 82.8 cm³/mol. The highest BCUT2D eigenvalue weighted by Crippen LogP contribution is 2.39. The minimum Gasteiger partial charge on any atom is -0.488 e. The first-order chi connectivity index (χ1) is 9.40. The van der Waals surface area contributed by atoms with E-state index < -0.39 is 6.10 Å². The minimum absolute atomic E-state index is 0.0724. The summed E-state index contributed by atoms with van der Waals surface area (Å²) in [4.78, 5) is 0. The minimum atomic E-state index is -0.597. The van der Waals surface area contributed by atoms with Crippen LogP contribution in [0.1, 0.15) is 26.7 Å². The number of hydrogen-bond acceptors (Lipinski definition) is 3. The Balaban J connectivity index is 1.79. The molecule has 1 aliphatic carbocycles. The highest BCUT2D eigenvalue weighted by molar-refractivity contribution is 6.37. The molecule has 0 aromatic heterocycles. The molecule has 0 bridgehead atoms. The molecule has 0 saturated heterocycles. The van der Waals surface area contributed by atoms with Crippen molar-refractivity contribution in [1.29, 1.82) is 0 Å². The number of aliphatic hydroxyl groups is 1. The molecule has 0 heterocycles. The van der Waals surface area contributed by atoms with Gasteiger partial charge in [-0.2, -0.15) is 0 Å². The van der Waals surface area contributed by atoms with E-state index in [1.54, 1.807) is 18.2 Å². The molecule has 1 saturated carbocycles. The van der Waals surface area contributed by atoms with Gasteiger partial charge in [-0.15, -0.1) is 0 Å². The van der Waals surface area contributed by atoms with E-state index in [1.165, 1.54) is 12.8 Å². The number of halogens is 2. The number of para-hydroxylation sites is 1. The van der Waals surface area contributed by atoms with Crippen LogP contribution in [-0.4, -0.2) is 29.9 Å². The van der Waals surface area contributed by atoms with Crippen LogP contribution in [0.2, 0.25) is 10.0 Å². The zero-order valence-corrected chi connectivity index (χ0v) is 13.3. The van der Waals surface area contributed by atoms with Gasteiger partial charge in [0.2, 0.25) is 0 Å². The molecule has 0 amide bonds. The van der Waals surface area contributed by atoms with Gasteiger partial charge in [0, 0.05) is 12.1 Å². The second-order valence-electron chi connectivity index (χ2n) is 5.89. The Hall–Kier alpha value is -0.480. The van der Waals surface area contributed by atoms with Gasteiger partial charge in [0.05, 0.1) is 10.0 Å².